The Morgan fingerprint density at radius 1 is 1.45 bits per heavy atom. The van der Waals surface area contributed by atoms with Gasteiger partial charge in [-0.3, -0.25) is 4.79 Å². The van der Waals surface area contributed by atoms with E-state index in [1.807, 2.05) is 10.6 Å². The van der Waals surface area contributed by atoms with Gasteiger partial charge in [0.05, 0.1) is 12.1 Å². The van der Waals surface area contributed by atoms with Crippen molar-refractivity contribution in [3.63, 3.8) is 0 Å². The minimum Gasteiger partial charge on any atom is -0.395 e. The number of hydrogen-bond donors (Lipinski definition) is 2. The quantitative estimate of drug-likeness (QED) is 0.901. The van der Waals surface area contributed by atoms with E-state index >= 15 is 0 Å². The molecular weight excluding hydrogens is 320 g/mol. The Labute approximate surface area is 125 Å². The number of aliphatic hydroxyl groups is 1. The van der Waals surface area contributed by atoms with Gasteiger partial charge in [0.15, 0.2) is 0 Å². The molecule has 0 unspecified atom stereocenters. The maximum Gasteiger partial charge on any atom is 0.267 e. The lowest BCUT2D eigenvalue weighted by atomic mass is 10.1. The van der Waals surface area contributed by atoms with Gasteiger partial charge in [-0.1, -0.05) is 15.9 Å². The third kappa shape index (κ3) is 2.25. The number of fused-ring (bicyclic) bond motifs is 1. The SMILES string of the molecule is CNC(=O)c1cc2c(Br)cc(C3CC3)cc2n1CCO. The molecule has 1 amide bonds. The van der Waals surface area contributed by atoms with Crippen molar-refractivity contribution in [2.75, 3.05) is 13.7 Å². The van der Waals surface area contributed by atoms with Crippen LogP contribution in [0.25, 0.3) is 10.9 Å². The first-order chi connectivity index (χ1) is 9.65. The van der Waals surface area contributed by atoms with E-state index in [1.54, 1.807) is 7.05 Å². The number of hydrogen-bond acceptors (Lipinski definition) is 2. The summed E-state index contributed by atoms with van der Waals surface area (Å²) >= 11 is 3.61. The molecule has 1 saturated carbocycles. The van der Waals surface area contributed by atoms with Gasteiger partial charge in [-0.25, -0.2) is 0 Å². The van der Waals surface area contributed by atoms with E-state index in [9.17, 15) is 9.90 Å². The third-order valence-electron chi connectivity index (χ3n) is 3.82. The van der Waals surface area contributed by atoms with Crippen molar-refractivity contribution in [2.45, 2.75) is 25.3 Å². The highest BCUT2D eigenvalue weighted by Gasteiger charge is 2.25. The second-order valence-electron chi connectivity index (χ2n) is 5.19. The highest BCUT2D eigenvalue weighted by molar-refractivity contribution is 9.10. The second-order valence-corrected chi connectivity index (χ2v) is 6.05. The van der Waals surface area contributed by atoms with Crippen molar-refractivity contribution < 1.29 is 9.90 Å². The predicted octanol–water partition coefficient (Wildman–Crippen LogP) is 2.63. The van der Waals surface area contributed by atoms with E-state index in [0.29, 0.717) is 18.2 Å². The van der Waals surface area contributed by atoms with Crippen LogP contribution in [0.5, 0.6) is 0 Å². The molecule has 0 bridgehead atoms. The van der Waals surface area contributed by atoms with E-state index in [0.717, 1.165) is 15.4 Å². The molecule has 1 aromatic carbocycles. The van der Waals surface area contributed by atoms with Crippen LogP contribution in [0.4, 0.5) is 0 Å². The molecule has 2 N–H and O–H groups in total. The van der Waals surface area contributed by atoms with E-state index in [1.165, 1.54) is 18.4 Å². The Balaban J connectivity index is 2.22. The number of aliphatic hydroxyl groups excluding tert-OH is 1. The monoisotopic (exact) mass is 336 g/mol. The molecule has 1 heterocycles. The molecule has 1 aromatic heterocycles. The summed E-state index contributed by atoms with van der Waals surface area (Å²) in [7, 11) is 1.62. The average molecular weight is 337 g/mol. The van der Waals surface area contributed by atoms with Crippen molar-refractivity contribution >= 4 is 32.7 Å². The minimum absolute atomic E-state index is 0.0129. The van der Waals surface area contributed by atoms with E-state index in [4.69, 9.17) is 0 Å². The summed E-state index contributed by atoms with van der Waals surface area (Å²) in [6, 6.07) is 6.18. The van der Waals surface area contributed by atoms with Crippen LogP contribution in [0.15, 0.2) is 22.7 Å². The second kappa shape index (κ2) is 5.22. The Bertz CT molecular complexity index is 674. The predicted molar refractivity (Wildman–Crippen MR) is 82.1 cm³/mol. The highest BCUT2D eigenvalue weighted by atomic mass is 79.9. The molecule has 2 aromatic rings. The largest absolute Gasteiger partial charge is 0.395 e. The van der Waals surface area contributed by atoms with Gasteiger partial charge in [0.2, 0.25) is 0 Å². The van der Waals surface area contributed by atoms with Crippen LogP contribution in [-0.2, 0) is 6.54 Å². The number of aromatic nitrogens is 1. The highest BCUT2D eigenvalue weighted by Crippen LogP contribution is 2.43. The van der Waals surface area contributed by atoms with Gasteiger partial charge in [0, 0.05) is 23.5 Å². The fraction of sp³-hybridized carbons (Fsp3) is 0.400. The molecule has 0 saturated heterocycles. The van der Waals surface area contributed by atoms with E-state index < -0.39 is 0 Å². The van der Waals surface area contributed by atoms with Crippen LogP contribution >= 0.6 is 15.9 Å². The van der Waals surface area contributed by atoms with Gasteiger partial charge in [-0.2, -0.15) is 0 Å². The first-order valence-electron chi connectivity index (χ1n) is 6.81. The summed E-state index contributed by atoms with van der Waals surface area (Å²) in [6.45, 7) is 0.436. The molecule has 0 spiro atoms. The number of rotatable bonds is 4. The maximum absolute atomic E-state index is 12.0. The number of halogens is 1. The number of nitrogens with one attached hydrogen (secondary N) is 1. The molecular formula is C15H17BrN2O2. The zero-order valence-electron chi connectivity index (χ0n) is 11.3. The number of carbonyl (C=O) groups excluding carboxylic acids is 1. The number of amides is 1. The van der Waals surface area contributed by atoms with Crippen molar-refractivity contribution in [1.29, 1.82) is 0 Å². The van der Waals surface area contributed by atoms with Gasteiger partial charge in [-0.05, 0) is 42.5 Å². The molecule has 3 rings (SSSR count). The van der Waals surface area contributed by atoms with Crippen molar-refractivity contribution in [3.8, 4) is 0 Å². The molecule has 1 aliphatic carbocycles. The Morgan fingerprint density at radius 2 is 2.20 bits per heavy atom. The number of carbonyl (C=O) groups is 1. The van der Waals surface area contributed by atoms with Crippen molar-refractivity contribution in [2.24, 2.45) is 0 Å². The summed E-state index contributed by atoms with van der Waals surface area (Å²) in [4.78, 5) is 12.0. The summed E-state index contributed by atoms with van der Waals surface area (Å²) in [6.07, 6.45) is 2.47. The van der Waals surface area contributed by atoms with Gasteiger partial charge < -0.3 is 15.0 Å². The van der Waals surface area contributed by atoms with Gasteiger partial charge in [0.25, 0.3) is 5.91 Å². The first-order valence-corrected chi connectivity index (χ1v) is 7.60. The molecule has 0 radical (unpaired) electrons. The molecule has 1 aliphatic rings. The average Bonchev–Trinajstić information content (AvgIpc) is 3.22. The summed E-state index contributed by atoms with van der Waals surface area (Å²) < 4.78 is 2.91. The molecule has 0 aliphatic heterocycles. The van der Waals surface area contributed by atoms with Crippen LogP contribution in [-0.4, -0.2) is 29.2 Å². The lowest BCUT2D eigenvalue weighted by Gasteiger charge is -2.09. The van der Waals surface area contributed by atoms with Crippen LogP contribution in [0.2, 0.25) is 0 Å². The topological polar surface area (TPSA) is 54.3 Å². The van der Waals surface area contributed by atoms with E-state index in [-0.39, 0.29) is 12.5 Å². The molecule has 20 heavy (non-hydrogen) atoms. The molecule has 0 atom stereocenters. The number of nitrogens with zero attached hydrogens (tertiary/aromatic N) is 1. The molecule has 106 valence electrons. The van der Waals surface area contributed by atoms with E-state index in [2.05, 4.69) is 33.4 Å². The molecule has 1 fully saturated rings. The smallest absolute Gasteiger partial charge is 0.267 e. The lowest BCUT2D eigenvalue weighted by Crippen LogP contribution is -2.22. The van der Waals surface area contributed by atoms with Gasteiger partial charge in [-0.15, -0.1) is 0 Å². The van der Waals surface area contributed by atoms with Crippen LogP contribution in [0, 0.1) is 0 Å². The third-order valence-corrected chi connectivity index (χ3v) is 4.48. The van der Waals surface area contributed by atoms with Crippen molar-refractivity contribution in [1.82, 2.24) is 9.88 Å². The summed E-state index contributed by atoms with van der Waals surface area (Å²) in [5, 5.41) is 12.9. The Hall–Kier alpha value is -1.33. The van der Waals surface area contributed by atoms with Gasteiger partial charge in [0.1, 0.15) is 5.69 Å². The van der Waals surface area contributed by atoms with Crippen LogP contribution < -0.4 is 5.32 Å². The van der Waals surface area contributed by atoms with Crippen LogP contribution in [0.1, 0.15) is 34.8 Å². The Kier molecular flexibility index (Phi) is 3.56. The minimum atomic E-state index is -0.130. The van der Waals surface area contributed by atoms with Crippen molar-refractivity contribution in [3.05, 3.63) is 33.9 Å². The van der Waals surface area contributed by atoms with Gasteiger partial charge >= 0.3 is 0 Å². The molecule has 5 heteroatoms. The summed E-state index contributed by atoms with van der Waals surface area (Å²) in [5.74, 6) is 0.520. The molecule has 4 nitrogen and oxygen atoms in total. The zero-order chi connectivity index (χ0) is 14.3. The maximum atomic E-state index is 12.0. The fourth-order valence-electron chi connectivity index (χ4n) is 2.64. The summed E-state index contributed by atoms with van der Waals surface area (Å²) in [5.41, 5.74) is 2.91. The van der Waals surface area contributed by atoms with Crippen LogP contribution in [0.3, 0.4) is 0 Å². The first kappa shape index (κ1) is 13.6. The lowest BCUT2D eigenvalue weighted by molar-refractivity contribution is 0.0953. The standard InChI is InChI=1S/C15H17BrN2O2/c1-17-15(20)14-8-11-12(16)6-10(9-2-3-9)7-13(11)18(14)4-5-19/h6-9,19H,2-5H2,1H3,(H,17,20). The number of benzene rings is 1. The Morgan fingerprint density at radius 3 is 2.80 bits per heavy atom. The normalized spacial score (nSPS) is 14.8. The zero-order valence-corrected chi connectivity index (χ0v) is 12.9. The fourth-order valence-corrected chi connectivity index (χ4v) is 3.23.